The number of fused-ring (bicyclic) bond motifs is 1. The summed E-state index contributed by atoms with van der Waals surface area (Å²) in [6.07, 6.45) is 3.35. The van der Waals surface area contributed by atoms with E-state index in [-0.39, 0.29) is 10.8 Å². The van der Waals surface area contributed by atoms with Crippen molar-refractivity contribution in [2.45, 2.75) is 17.4 Å². The number of nitrogens with zero attached hydrogens (tertiary/aromatic N) is 4. The van der Waals surface area contributed by atoms with Crippen LogP contribution in [-0.2, 0) is 0 Å². The summed E-state index contributed by atoms with van der Waals surface area (Å²) in [5.41, 5.74) is 1.55. The van der Waals surface area contributed by atoms with Gasteiger partial charge in [-0.15, -0.1) is 32.9 Å². The Morgan fingerprint density at radius 3 is 2.93 bits per heavy atom. The number of hydrogen-bond acceptors (Lipinski definition) is 9. The summed E-state index contributed by atoms with van der Waals surface area (Å²) in [4.78, 5) is 26.2. The van der Waals surface area contributed by atoms with Gasteiger partial charge in [0.15, 0.2) is 0 Å². The molecule has 0 aromatic carbocycles. The Balaban J connectivity index is 1.42. The van der Waals surface area contributed by atoms with Crippen LogP contribution in [0.15, 0.2) is 61.9 Å². The quantitative estimate of drug-likeness (QED) is 0.384. The van der Waals surface area contributed by atoms with E-state index in [4.69, 9.17) is 4.42 Å². The molecule has 0 spiro atoms. The molecular formula is C19H13N5O2S3. The molecule has 1 N–H and O–H groups in total. The van der Waals surface area contributed by atoms with Gasteiger partial charge < -0.3 is 9.40 Å². The second-order valence-electron chi connectivity index (χ2n) is 6.13. The van der Waals surface area contributed by atoms with E-state index in [1.165, 1.54) is 23.1 Å². The zero-order chi connectivity index (χ0) is 19.8. The van der Waals surface area contributed by atoms with Crippen molar-refractivity contribution < 1.29 is 4.42 Å². The van der Waals surface area contributed by atoms with E-state index >= 15 is 0 Å². The third-order valence-electron chi connectivity index (χ3n) is 4.23. The van der Waals surface area contributed by atoms with Gasteiger partial charge >= 0.3 is 0 Å². The largest absolute Gasteiger partial charge is 0.411 e. The van der Waals surface area contributed by atoms with Crippen molar-refractivity contribution in [1.82, 2.24) is 25.1 Å². The molecule has 0 amide bonds. The summed E-state index contributed by atoms with van der Waals surface area (Å²) in [6, 6.07) is 7.65. The number of aromatic nitrogens is 5. The molecule has 7 nitrogen and oxygen atoms in total. The molecule has 144 valence electrons. The maximum Gasteiger partial charge on any atom is 0.277 e. The van der Waals surface area contributed by atoms with Gasteiger partial charge in [0.05, 0.1) is 16.2 Å². The van der Waals surface area contributed by atoms with Crippen LogP contribution in [-0.4, -0.2) is 25.1 Å². The first-order valence-corrected chi connectivity index (χ1v) is 11.3. The fourth-order valence-electron chi connectivity index (χ4n) is 2.84. The summed E-state index contributed by atoms with van der Waals surface area (Å²) in [5.74, 6) is 0.983. The fraction of sp³-hybridized carbons (Fsp3) is 0.105. The van der Waals surface area contributed by atoms with E-state index in [2.05, 4.69) is 25.1 Å². The lowest BCUT2D eigenvalue weighted by Gasteiger charge is -2.07. The molecule has 29 heavy (non-hydrogen) atoms. The van der Waals surface area contributed by atoms with E-state index in [0.29, 0.717) is 22.3 Å². The van der Waals surface area contributed by atoms with Crippen molar-refractivity contribution in [3.8, 4) is 21.9 Å². The summed E-state index contributed by atoms with van der Waals surface area (Å²) >= 11 is 4.43. The minimum Gasteiger partial charge on any atom is -0.411 e. The Labute approximate surface area is 176 Å². The maximum absolute atomic E-state index is 12.8. The molecule has 0 bridgehead atoms. The molecule has 0 saturated carbocycles. The van der Waals surface area contributed by atoms with Crippen molar-refractivity contribution >= 4 is 44.7 Å². The third-order valence-corrected chi connectivity index (χ3v) is 6.95. The minimum atomic E-state index is -0.165. The van der Waals surface area contributed by atoms with Gasteiger partial charge in [0, 0.05) is 28.2 Å². The van der Waals surface area contributed by atoms with Gasteiger partial charge in [0.25, 0.3) is 10.8 Å². The molecule has 5 rings (SSSR count). The van der Waals surface area contributed by atoms with Crippen LogP contribution in [0.5, 0.6) is 0 Å². The molecule has 1 atom stereocenters. The second-order valence-corrected chi connectivity index (χ2v) is 9.23. The highest BCUT2D eigenvalue weighted by Gasteiger charge is 2.19. The highest BCUT2D eigenvalue weighted by atomic mass is 32.2. The summed E-state index contributed by atoms with van der Waals surface area (Å²) in [5, 5.41) is 13.0. The van der Waals surface area contributed by atoms with Crippen LogP contribution in [0.1, 0.15) is 18.0 Å². The summed E-state index contributed by atoms with van der Waals surface area (Å²) in [7, 11) is 0. The Hall–Kier alpha value is -2.82. The lowest BCUT2D eigenvalue weighted by molar-refractivity contribution is 0.464. The Morgan fingerprint density at radius 2 is 2.14 bits per heavy atom. The first-order chi connectivity index (χ1) is 14.2. The molecule has 0 aliphatic carbocycles. The molecule has 0 aliphatic rings. The van der Waals surface area contributed by atoms with Gasteiger partial charge in [-0.05, 0) is 30.5 Å². The molecule has 0 fully saturated rings. The highest BCUT2D eigenvalue weighted by Crippen LogP contribution is 2.36. The average molecular weight is 440 g/mol. The van der Waals surface area contributed by atoms with Crippen molar-refractivity contribution in [3.63, 3.8) is 0 Å². The Morgan fingerprint density at radius 1 is 1.21 bits per heavy atom. The van der Waals surface area contributed by atoms with Gasteiger partial charge in [-0.25, -0.2) is 4.98 Å². The van der Waals surface area contributed by atoms with E-state index in [1.54, 1.807) is 23.7 Å². The molecule has 1 unspecified atom stereocenters. The van der Waals surface area contributed by atoms with Crippen LogP contribution in [0.4, 0.5) is 0 Å². The van der Waals surface area contributed by atoms with Crippen LogP contribution in [0.2, 0.25) is 0 Å². The van der Waals surface area contributed by atoms with Crippen molar-refractivity contribution in [1.29, 1.82) is 0 Å². The number of H-pyrrole nitrogens is 1. The second kappa shape index (κ2) is 7.54. The Bertz CT molecular complexity index is 1330. The van der Waals surface area contributed by atoms with Crippen molar-refractivity contribution in [2.24, 2.45) is 0 Å². The van der Waals surface area contributed by atoms with Crippen molar-refractivity contribution in [2.75, 3.05) is 0 Å². The third kappa shape index (κ3) is 3.50. The van der Waals surface area contributed by atoms with Crippen LogP contribution < -0.4 is 5.56 Å². The Kier molecular flexibility index (Phi) is 4.74. The molecule has 0 saturated heterocycles. The van der Waals surface area contributed by atoms with Crippen LogP contribution in [0, 0.1) is 0 Å². The molecule has 5 aromatic heterocycles. The number of nitrogens with one attached hydrogen (secondary N) is 1. The van der Waals surface area contributed by atoms with Crippen LogP contribution in [0.3, 0.4) is 0 Å². The topological polar surface area (TPSA) is 97.6 Å². The van der Waals surface area contributed by atoms with Gasteiger partial charge in [-0.2, -0.15) is 0 Å². The first-order valence-electron chi connectivity index (χ1n) is 8.65. The van der Waals surface area contributed by atoms with Gasteiger partial charge in [0.1, 0.15) is 10.7 Å². The monoisotopic (exact) mass is 439 g/mol. The molecule has 0 radical (unpaired) electrons. The standard InChI is InChI=1S/C19H13N5O2S3/c1-10(29-19-24-23-17(26-19)11-4-2-6-20-8-11)15-21-16(25)14-12(9-28-18(14)22-15)13-5-3-7-27-13/h2-10H,1H3,(H,21,22,25). The summed E-state index contributed by atoms with van der Waals surface area (Å²) < 4.78 is 5.72. The van der Waals surface area contributed by atoms with E-state index in [0.717, 1.165) is 20.8 Å². The lowest BCUT2D eigenvalue weighted by Crippen LogP contribution is -2.12. The van der Waals surface area contributed by atoms with Crippen LogP contribution in [0.25, 0.3) is 32.1 Å². The normalized spacial score (nSPS) is 12.4. The van der Waals surface area contributed by atoms with E-state index in [9.17, 15) is 4.79 Å². The average Bonchev–Trinajstić information content (AvgIpc) is 3.49. The molecule has 10 heteroatoms. The lowest BCUT2D eigenvalue weighted by atomic mass is 10.2. The van der Waals surface area contributed by atoms with Gasteiger partial charge in [-0.1, -0.05) is 17.8 Å². The molecule has 0 aliphatic heterocycles. The number of thioether (sulfide) groups is 1. The van der Waals surface area contributed by atoms with Crippen LogP contribution >= 0.6 is 34.4 Å². The predicted octanol–water partition coefficient (Wildman–Crippen LogP) is 5.01. The molecule has 5 aromatic rings. The minimum absolute atomic E-state index is 0.135. The maximum atomic E-state index is 12.8. The molecule has 5 heterocycles. The highest BCUT2D eigenvalue weighted by molar-refractivity contribution is 7.99. The predicted molar refractivity (Wildman–Crippen MR) is 115 cm³/mol. The zero-order valence-corrected chi connectivity index (χ0v) is 17.5. The first kappa shape index (κ1) is 18.2. The van der Waals surface area contributed by atoms with E-state index < -0.39 is 0 Å². The van der Waals surface area contributed by atoms with Gasteiger partial charge in [-0.3, -0.25) is 9.78 Å². The smallest absolute Gasteiger partial charge is 0.277 e. The van der Waals surface area contributed by atoms with Crippen molar-refractivity contribution in [3.05, 3.63) is 63.6 Å². The number of aromatic amines is 1. The zero-order valence-electron chi connectivity index (χ0n) is 15.0. The molecular weight excluding hydrogens is 426 g/mol. The fourth-order valence-corrected chi connectivity index (χ4v) is 5.35. The number of pyridine rings is 1. The number of thiophene rings is 2. The van der Waals surface area contributed by atoms with Gasteiger partial charge in [0.2, 0.25) is 5.89 Å². The number of hydrogen-bond donors (Lipinski definition) is 1. The number of rotatable bonds is 5. The van der Waals surface area contributed by atoms with E-state index in [1.807, 2.05) is 41.9 Å². The SMILES string of the molecule is CC(Sc1nnc(-c2cccnc2)o1)c1nc2scc(-c3cccs3)c2c(=O)[nH]1. The summed E-state index contributed by atoms with van der Waals surface area (Å²) in [6.45, 7) is 1.94.